The van der Waals surface area contributed by atoms with Gasteiger partial charge in [0.2, 0.25) is 5.91 Å². The lowest BCUT2D eigenvalue weighted by Gasteiger charge is -2.26. The van der Waals surface area contributed by atoms with Gasteiger partial charge in [-0.05, 0) is 28.4 Å². The Labute approximate surface area is 102 Å². The van der Waals surface area contributed by atoms with Crippen molar-refractivity contribution >= 4 is 33.2 Å². The highest BCUT2D eigenvalue weighted by Gasteiger charge is 2.25. The van der Waals surface area contributed by atoms with Crippen molar-refractivity contribution in [3.63, 3.8) is 0 Å². The molecule has 1 aromatic carbocycles. The van der Waals surface area contributed by atoms with E-state index in [9.17, 15) is 9.18 Å². The summed E-state index contributed by atoms with van der Waals surface area (Å²) in [6.45, 7) is 2.02. The SMILES string of the molecule is CCCC1Nc2cc(Br)c(F)cc2NC1=O. The van der Waals surface area contributed by atoms with Crippen molar-refractivity contribution in [2.75, 3.05) is 10.6 Å². The van der Waals surface area contributed by atoms with E-state index in [0.717, 1.165) is 18.5 Å². The van der Waals surface area contributed by atoms with Crippen LogP contribution in [0.2, 0.25) is 0 Å². The Morgan fingerprint density at radius 1 is 1.44 bits per heavy atom. The molecule has 1 unspecified atom stereocenters. The number of carbonyl (C=O) groups is 1. The number of hydrogen-bond acceptors (Lipinski definition) is 2. The highest BCUT2D eigenvalue weighted by Crippen LogP contribution is 2.32. The molecule has 0 radical (unpaired) electrons. The van der Waals surface area contributed by atoms with E-state index in [1.807, 2.05) is 6.92 Å². The van der Waals surface area contributed by atoms with Crippen molar-refractivity contribution in [1.82, 2.24) is 0 Å². The summed E-state index contributed by atoms with van der Waals surface area (Å²) in [7, 11) is 0. The predicted octanol–water partition coefficient (Wildman–Crippen LogP) is 3.12. The first kappa shape index (κ1) is 11.4. The van der Waals surface area contributed by atoms with Gasteiger partial charge in [0.1, 0.15) is 11.9 Å². The summed E-state index contributed by atoms with van der Waals surface area (Å²) in [5, 5.41) is 5.81. The second kappa shape index (κ2) is 4.41. The van der Waals surface area contributed by atoms with Gasteiger partial charge in [-0.2, -0.15) is 0 Å². The lowest BCUT2D eigenvalue weighted by Crippen LogP contribution is -2.38. The third-order valence-electron chi connectivity index (χ3n) is 2.54. The van der Waals surface area contributed by atoms with Crippen molar-refractivity contribution in [2.24, 2.45) is 0 Å². The zero-order chi connectivity index (χ0) is 11.7. The molecule has 0 fully saturated rings. The Hall–Kier alpha value is -1.10. The average molecular weight is 287 g/mol. The fraction of sp³-hybridized carbons (Fsp3) is 0.364. The van der Waals surface area contributed by atoms with E-state index in [1.165, 1.54) is 6.07 Å². The first-order chi connectivity index (χ1) is 7.61. The summed E-state index contributed by atoms with van der Waals surface area (Å²) in [6.07, 6.45) is 1.68. The quantitative estimate of drug-likeness (QED) is 0.877. The van der Waals surface area contributed by atoms with E-state index in [1.54, 1.807) is 6.07 Å². The molecule has 2 rings (SSSR count). The highest BCUT2D eigenvalue weighted by atomic mass is 79.9. The molecule has 16 heavy (non-hydrogen) atoms. The number of amides is 1. The topological polar surface area (TPSA) is 41.1 Å². The van der Waals surface area contributed by atoms with Gasteiger partial charge in [-0.1, -0.05) is 13.3 Å². The van der Waals surface area contributed by atoms with Gasteiger partial charge in [0.25, 0.3) is 0 Å². The number of hydrogen-bond donors (Lipinski definition) is 2. The van der Waals surface area contributed by atoms with Gasteiger partial charge in [0.15, 0.2) is 0 Å². The van der Waals surface area contributed by atoms with Gasteiger partial charge in [-0.15, -0.1) is 0 Å². The minimum absolute atomic E-state index is 0.101. The second-order valence-corrected chi connectivity index (χ2v) is 4.64. The van der Waals surface area contributed by atoms with Crippen LogP contribution in [0.5, 0.6) is 0 Å². The zero-order valence-electron chi connectivity index (χ0n) is 8.81. The molecule has 0 bridgehead atoms. The lowest BCUT2D eigenvalue weighted by molar-refractivity contribution is -0.117. The van der Waals surface area contributed by atoms with Gasteiger partial charge < -0.3 is 10.6 Å². The monoisotopic (exact) mass is 286 g/mol. The summed E-state index contributed by atoms with van der Waals surface area (Å²) in [6, 6.07) is 2.73. The third-order valence-corrected chi connectivity index (χ3v) is 3.15. The van der Waals surface area contributed by atoms with Crippen LogP contribution in [-0.4, -0.2) is 11.9 Å². The van der Waals surface area contributed by atoms with Gasteiger partial charge in [-0.3, -0.25) is 4.79 Å². The second-order valence-electron chi connectivity index (χ2n) is 3.79. The van der Waals surface area contributed by atoms with Gasteiger partial charge in [0, 0.05) is 6.07 Å². The Bertz CT molecular complexity index is 436. The molecule has 2 N–H and O–H groups in total. The van der Waals surface area contributed by atoms with E-state index >= 15 is 0 Å². The number of benzene rings is 1. The van der Waals surface area contributed by atoms with Crippen molar-refractivity contribution in [3.05, 3.63) is 22.4 Å². The Morgan fingerprint density at radius 2 is 2.19 bits per heavy atom. The van der Waals surface area contributed by atoms with E-state index in [-0.39, 0.29) is 17.8 Å². The van der Waals surface area contributed by atoms with E-state index < -0.39 is 0 Å². The van der Waals surface area contributed by atoms with Crippen molar-refractivity contribution in [3.8, 4) is 0 Å². The molecule has 3 nitrogen and oxygen atoms in total. The highest BCUT2D eigenvalue weighted by molar-refractivity contribution is 9.10. The summed E-state index contributed by atoms with van der Waals surface area (Å²) in [5.41, 5.74) is 1.25. The molecule has 0 saturated carbocycles. The summed E-state index contributed by atoms with van der Waals surface area (Å²) < 4.78 is 13.6. The van der Waals surface area contributed by atoms with Crippen molar-refractivity contribution in [2.45, 2.75) is 25.8 Å². The maximum absolute atomic E-state index is 13.3. The van der Waals surface area contributed by atoms with Crippen LogP contribution in [0, 0.1) is 5.82 Å². The fourth-order valence-electron chi connectivity index (χ4n) is 1.73. The predicted molar refractivity (Wildman–Crippen MR) is 65.0 cm³/mol. The first-order valence-corrected chi connectivity index (χ1v) is 5.97. The number of nitrogens with one attached hydrogen (secondary N) is 2. The first-order valence-electron chi connectivity index (χ1n) is 5.18. The molecule has 0 saturated heterocycles. The standard InChI is InChI=1S/C11H12BrFN2O/c1-2-3-8-11(16)15-10-5-7(13)6(12)4-9(10)14-8/h4-5,8,14H,2-3H2,1H3,(H,15,16). The van der Waals surface area contributed by atoms with Crippen LogP contribution in [-0.2, 0) is 4.79 Å². The van der Waals surface area contributed by atoms with E-state index in [4.69, 9.17) is 0 Å². The molecular formula is C11H12BrFN2O. The number of halogens is 2. The van der Waals surface area contributed by atoms with Crippen molar-refractivity contribution in [1.29, 1.82) is 0 Å². The van der Waals surface area contributed by atoms with Crippen LogP contribution >= 0.6 is 15.9 Å². The number of anilines is 2. The molecule has 0 spiro atoms. The normalized spacial score (nSPS) is 18.7. The van der Waals surface area contributed by atoms with Crippen molar-refractivity contribution < 1.29 is 9.18 Å². The average Bonchev–Trinajstić information content (AvgIpc) is 2.23. The van der Waals surface area contributed by atoms with E-state index in [2.05, 4.69) is 26.6 Å². The van der Waals surface area contributed by atoms with Crippen LogP contribution in [0.4, 0.5) is 15.8 Å². The number of rotatable bonds is 2. The molecule has 1 aliphatic rings. The van der Waals surface area contributed by atoms with Crippen LogP contribution in [0.25, 0.3) is 0 Å². The van der Waals surface area contributed by atoms with Crippen LogP contribution in [0.3, 0.4) is 0 Å². The molecule has 1 aliphatic heterocycles. The van der Waals surface area contributed by atoms with Gasteiger partial charge in [0.05, 0.1) is 15.8 Å². The molecule has 1 aromatic rings. The molecule has 5 heteroatoms. The summed E-state index contributed by atoms with van der Waals surface area (Å²) >= 11 is 3.12. The molecule has 0 aliphatic carbocycles. The van der Waals surface area contributed by atoms with Gasteiger partial charge in [-0.25, -0.2) is 4.39 Å². The number of carbonyl (C=O) groups excluding carboxylic acids is 1. The maximum atomic E-state index is 13.3. The van der Waals surface area contributed by atoms with Crippen LogP contribution in [0.1, 0.15) is 19.8 Å². The largest absolute Gasteiger partial charge is 0.372 e. The molecule has 0 aromatic heterocycles. The molecule has 86 valence electrons. The Balaban J connectivity index is 2.32. The minimum Gasteiger partial charge on any atom is -0.372 e. The van der Waals surface area contributed by atoms with E-state index in [0.29, 0.717) is 10.2 Å². The van der Waals surface area contributed by atoms with Crippen LogP contribution < -0.4 is 10.6 Å². The molecule has 1 atom stereocenters. The summed E-state index contributed by atoms with van der Waals surface area (Å²) in [5.74, 6) is -0.481. The molecule has 1 amide bonds. The fourth-order valence-corrected chi connectivity index (χ4v) is 2.08. The lowest BCUT2D eigenvalue weighted by atomic mass is 10.1. The number of fused-ring (bicyclic) bond motifs is 1. The smallest absolute Gasteiger partial charge is 0.246 e. The summed E-state index contributed by atoms with van der Waals surface area (Å²) in [4.78, 5) is 11.6. The maximum Gasteiger partial charge on any atom is 0.246 e. The van der Waals surface area contributed by atoms with Crippen LogP contribution in [0.15, 0.2) is 16.6 Å². The Kier molecular flexibility index (Phi) is 3.14. The molecular weight excluding hydrogens is 275 g/mol. The third kappa shape index (κ3) is 2.04. The Morgan fingerprint density at radius 3 is 2.88 bits per heavy atom. The van der Waals surface area contributed by atoms with Gasteiger partial charge >= 0.3 is 0 Å². The zero-order valence-corrected chi connectivity index (χ0v) is 10.4. The minimum atomic E-state index is -0.380. The molecule has 1 heterocycles.